The molecule has 1 amide bonds. The Balaban J connectivity index is 0.00000300. The second-order valence-electron chi connectivity index (χ2n) is 8.99. The van der Waals surface area contributed by atoms with Gasteiger partial charge in [-0.2, -0.15) is 0 Å². The molecule has 2 aliphatic rings. The largest absolute Gasteiger partial charge is 0.395 e. The van der Waals surface area contributed by atoms with Gasteiger partial charge < -0.3 is 15.7 Å². The van der Waals surface area contributed by atoms with Gasteiger partial charge in [-0.25, -0.2) is 0 Å². The SMILES string of the molecule is CC(CO)NCCCc1ccc(Cl)c(C(=O)NCC23CCCC(CCC2)C3)c1.[CH2]. The molecule has 2 aliphatic carbocycles. The van der Waals surface area contributed by atoms with Gasteiger partial charge in [0.05, 0.1) is 17.2 Å². The average Bonchev–Trinajstić information content (AvgIpc) is 2.70. The zero-order chi connectivity index (χ0) is 20.0. The summed E-state index contributed by atoms with van der Waals surface area (Å²) < 4.78 is 0. The number of hydrogen-bond donors (Lipinski definition) is 3. The minimum atomic E-state index is -0.0408. The molecule has 1 unspecified atom stereocenters. The van der Waals surface area contributed by atoms with Crippen LogP contribution in [0.5, 0.6) is 0 Å². The molecule has 1 aromatic carbocycles. The van der Waals surface area contributed by atoms with Gasteiger partial charge in [0.25, 0.3) is 5.91 Å². The summed E-state index contributed by atoms with van der Waals surface area (Å²) in [5.74, 6) is 0.828. The Morgan fingerprint density at radius 1 is 1.31 bits per heavy atom. The topological polar surface area (TPSA) is 61.4 Å². The zero-order valence-corrected chi connectivity index (χ0v) is 18.6. The molecule has 1 aromatic rings. The number of aryl methyl sites for hydroxylation is 1. The molecule has 162 valence electrons. The number of halogens is 1. The van der Waals surface area contributed by atoms with Crippen LogP contribution in [0.4, 0.5) is 0 Å². The van der Waals surface area contributed by atoms with E-state index in [2.05, 4.69) is 10.6 Å². The Morgan fingerprint density at radius 3 is 2.72 bits per heavy atom. The fourth-order valence-corrected chi connectivity index (χ4v) is 5.24. The lowest BCUT2D eigenvalue weighted by Gasteiger charge is -2.45. The van der Waals surface area contributed by atoms with Crippen LogP contribution in [0.1, 0.15) is 74.2 Å². The van der Waals surface area contributed by atoms with Crippen LogP contribution in [-0.4, -0.2) is 36.8 Å². The molecule has 2 radical (unpaired) electrons. The standard InChI is InChI=1S/C23H35ClN2O2.CH2/c1-17(15-27)25-12-4-7-18-8-9-21(24)20(13-18)22(28)26-16-23-10-2-5-19(14-23)6-3-11-23;/h8-9,13,17,19,25,27H,2-7,10-12,14-16H2,1H3,(H,26,28);1H2. The number of aliphatic hydroxyl groups excluding tert-OH is 1. The smallest absolute Gasteiger partial charge is 0.252 e. The number of nitrogens with one attached hydrogen (secondary N) is 2. The van der Waals surface area contributed by atoms with Gasteiger partial charge in [-0.1, -0.05) is 50.8 Å². The number of benzene rings is 1. The highest BCUT2D eigenvalue weighted by molar-refractivity contribution is 6.33. The molecule has 0 aliphatic heterocycles. The van der Waals surface area contributed by atoms with Crippen molar-refractivity contribution in [3.8, 4) is 0 Å². The Morgan fingerprint density at radius 2 is 2.03 bits per heavy atom. The van der Waals surface area contributed by atoms with E-state index < -0.39 is 0 Å². The first-order valence-corrected chi connectivity index (χ1v) is 11.3. The highest BCUT2D eigenvalue weighted by atomic mass is 35.5. The Hall–Kier alpha value is -1.10. The van der Waals surface area contributed by atoms with Crippen LogP contribution in [0.2, 0.25) is 5.02 Å². The predicted molar refractivity (Wildman–Crippen MR) is 120 cm³/mol. The lowest BCUT2D eigenvalue weighted by molar-refractivity contribution is 0.0681. The van der Waals surface area contributed by atoms with Crippen LogP contribution in [0.25, 0.3) is 0 Å². The van der Waals surface area contributed by atoms with E-state index in [1.807, 2.05) is 25.1 Å². The van der Waals surface area contributed by atoms with Crippen LogP contribution in [0, 0.1) is 18.8 Å². The molecule has 2 fully saturated rings. The Labute approximate surface area is 181 Å². The van der Waals surface area contributed by atoms with Crippen molar-refractivity contribution < 1.29 is 9.90 Å². The predicted octanol–water partition coefficient (Wildman–Crippen LogP) is 4.66. The van der Waals surface area contributed by atoms with Crippen LogP contribution in [0.15, 0.2) is 18.2 Å². The molecule has 3 rings (SSSR count). The summed E-state index contributed by atoms with van der Waals surface area (Å²) in [7, 11) is 0. The summed E-state index contributed by atoms with van der Waals surface area (Å²) in [6, 6.07) is 5.89. The molecular formula is C24H37ClN2O2. The summed E-state index contributed by atoms with van der Waals surface area (Å²) in [5.41, 5.74) is 2.03. The normalized spacial score (nSPS) is 24.4. The lowest BCUT2D eigenvalue weighted by atomic mass is 9.62. The van der Waals surface area contributed by atoms with E-state index in [-0.39, 0.29) is 26.0 Å². The van der Waals surface area contributed by atoms with Crippen molar-refractivity contribution in [3.63, 3.8) is 0 Å². The average molecular weight is 421 g/mol. The molecule has 29 heavy (non-hydrogen) atoms. The number of fused-ring (bicyclic) bond motifs is 2. The van der Waals surface area contributed by atoms with Crippen LogP contribution >= 0.6 is 11.6 Å². The summed E-state index contributed by atoms with van der Waals surface area (Å²) in [4.78, 5) is 12.8. The maximum atomic E-state index is 12.8. The first kappa shape index (κ1) is 24.2. The van der Waals surface area contributed by atoms with E-state index in [0.717, 1.165) is 37.4 Å². The van der Waals surface area contributed by atoms with E-state index in [9.17, 15) is 4.79 Å². The number of hydrogen-bond acceptors (Lipinski definition) is 3. The van der Waals surface area contributed by atoms with Gasteiger partial charge >= 0.3 is 0 Å². The van der Waals surface area contributed by atoms with Gasteiger partial charge in [0.2, 0.25) is 0 Å². The Kier molecular flexibility index (Phi) is 9.45. The molecule has 0 spiro atoms. The minimum absolute atomic E-state index is 0. The fourth-order valence-electron chi connectivity index (χ4n) is 5.04. The molecule has 4 nitrogen and oxygen atoms in total. The number of aliphatic hydroxyl groups is 1. The van der Waals surface area contributed by atoms with E-state index in [1.54, 1.807) is 0 Å². The van der Waals surface area contributed by atoms with Gasteiger partial charge in [-0.05, 0) is 74.6 Å². The molecule has 3 N–H and O–H groups in total. The van der Waals surface area contributed by atoms with Gasteiger partial charge in [-0.15, -0.1) is 0 Å². The van der Waals surface area contributed by atoms with Crippen molar-refractivity contribution in [2.45, 2.75) is 70.8 Å². The summed E-state index contributed by atoms with van der Waals surface area (Å²) in [6.07, 6.45) is 11.0. The van der Waals surface area contributed by atoms with Crippen molar-refractivity contribution >= 4 is 17.5 Å². The first-order valence-electron chi connectivity index (χ1n) is 10.9. The van der Waals surface area contributed by atoms with Gasteiger partial charge in [0, 0.05) is 12.6 Å². The summed E-state index contributed by atoms with van der Waals surface area (Å²) in [5, 5.41) is 16.1. The maximum absolute atomic E-state index is 12.8. The molecule has 0 heterocycles. The molecule has 2 bridgehead atoms. The van der Waals surface area contributed by atoms with E-state index in [1.165, 1.54) is 44.9 Å². The summed E-state index contributed by atoms with van der Waals surface area (Å²) in [6.45, 7) is 3.74. The third-order valence-corrected chi connectivity index (χ3v) is 7.00. The molecule has 5 heteroatoms. The Bertz CT molecular complexity index is 654. The van der Waals surface area contributed by atoms with E-state index in [4.69, 9.17) is 16.7 Å². The van der Waals surface area contributed by atoms with Gasteiger partial charge in [-0.3, -0.25) is 4.79 Å². The number of carbonyl (C=O) groups is 1. The van der Waals surface area contributed by atoms with Crippen molar-refractivity contribution in [2.24, 2.45) is 11.3 Å². The van der Waals surface area contributed by atoms with E-state index in [0.29, 0.717) is 16.0 Å². The van der Waals surface area contributed by atoms with Gasteiger partial charge in [0.1, 0.15) is 0 Å². The molecule has 2 saturated carbocycles. The quantitative estimate of drug-likeness (QED) is 0.509. The molecule has 1 atom stereocenters. The lowest BCUT2D eigenvalue weighted by Crippen LogP contribution is -2.43. The highest BCUT2D eigenvalue weighted by Crippen LogP contribution is 2.48. The molecule has 0 saturated heterocycles. The van der Waals surface area contributed by atoms with E-state index >= 15 is 0 Å². The van der Waals surface area contributed by atoms with Crippen molar-refractivity contribution in [3.05, 3.63) is 41.8 Å². The maximum Gasteiger partial charge on any atom is 0.252 e. The highest BCUT2D eigenvalue weighted by Gasteiger charge is 2.39. The second-order valence-corrected chi connectivity index (χ2v) is 9.40. The molecular weight excluding hydrogens is 384 g/mol. The third kappa shape index (κ3) is 6.70. The van der Waals surface area contributed by atoms with Crippen molar-refractivity contribution in [1.82, 2.24) is 10.6 Å². The summed E-state index contributed by atoms with van der Waals surface area (Å²) >= 11 is 6.34. The van der Waals surface area contributed by atoms with Crippen molar-refractivity contribution in [1.29, 1.82) is 0 Å². The second kappa shape index (κ2) is 11.3. The monoisotopic (exact) mass is 420 g/mol. The zero-order valence-electron chi connectivity index (χ0n) is 17.8. The van der Waals surface area contributed by atoms with Crippen LogP contribution in [-0.2, 0) is 6.42 Å². The number of rotatable bonds is 9. The fraction of sp³-hybridized carbons (Fsp3) is 0.667. The molecule has 0 aromatic heterocycles. The van der Waals surface area contributed by atoms with Crippen LogP contribution in [0.3, 0.4) is 0 Å². The van der Waals surface area contributed by atoms with Crippen LogP contribution < -0.4 is 10.6 Å². The minimum Gasteiger partial charge on any atom is -0.395 e. The van der Waals surface area contributed by atoms with Gasteiger partial charge in [0.15, 0.2) is 0 Å². The number of carbonyl (C=O) groups excluding carboxylic acids is 1. The third-order valence-electron chi connectivity index (χ3n) is 6.67. The first-order chi connectivity index (χ1) is 13.5. The number of amides is 1. The van der Waals surface area contributed by atoms with Crippen molar-refractivity contribution in [2.75, 3.05) is 19.7 Å².